The first kappa shape index (κ1) is 16.7. The van der Waals surface area contributed by atoms with Gasteiger partial charge in [-0.05, 0) is 32.9 Å². The van der Waals surface area contributed by atoms with Crippen LogP contribution in [0.1, 0.15) is 35.7 Å². The molecule has 3 heterocycles. The summed E-state index contributed by atoms with van der Waals surface area (Å²) in [4.78, 5) is 16.4. The summed E-state index contributed by atoms with van der Waals surface area (Å²) < 4.78 is 6.85. The molecule has 0 unspecified atom stereocenters. The van der Waals surface area contributed by atoms with E-state index in [9.17, 15) is 4.79 Å². The van der Waals surface area contributed by atoms with Gasteiger partial charge in [0.25, 0.3) is 0 Å². The highest BCUT2D eigenvalue weighted by atomic mass is 16.5. The van der Waals surface area contributed by atoms with E-state index in [1.165, 1.54) is 0 Å². The second kappa shape index (κ2) is 7.16. The van der Waals surface area contributed by atoms with E-state index >= 15 is 0 Å². The van der Waals surface area contributed by atoms with Gasteiger partial charge in [-0.3, -0.25) is 15.0 Å². The molecule has 25 heavy (non-hydrogen) atoms. The topological polar surface area (TPSA) is 97.9 Å². The van der Waals surface area contributed by atoms with E-state index < -0.39 is 0 Å². The number of rotatable bonds is 5. The van der Waals surface area contributed by atoms with E-state index in [2.05, 4.69) is 25.9 Å². The highest BCUT2D eigenvalue weighted by Crippen LogP contribution is 2.20. The maximum Gasteiger partial charge on any atom is 0.320 e. The van der Waals surface area contributed by atoms with Crippen LogP contribution in [0, 0.1) is 13.8 Å². The predicted molar refractivity (Wildman–Crippen MR) is 92.1 cm³/mol. The molecule has 130 valence electrons. The summed E-state index contributed by atoms with van der Waals surface area (Å²) in [6, 6.07) is 6.89. The Labute approximate surface area is 145 Å². The molecule has 0 aliphatic heterocycles. The number of carbonyl (C=O) groups is 1. The zero-order valence-corrected chi connectivity index (χ0v) is 14.4. The van der Waals surface area contributed by atoms with Gasteiger partial charge in [0.15, 0.2) is 5.82 Å². The van der Waals surface area contributed by atoms with E-state index in [1.807, 2.05) is 39.0 Å². The lowest BCUT2D eigenvalue weighted by atomic mass is 10.1. The van der Waals surface area contributed by atoms with Gasteiger partial charge in [0.05, 0.1) is 24.0 Å². The molecule has 0 radical (unpaired) electrons. The van der Waals surface area contributed by atoms with Crippen LogP contribution in [-0.4, -0.2) is 26.0 Å². The molecule has 0 fully saturated rings. The summed E-state index contributed by atoms with van der Waals surface area (Å²) in [5, 5.41) is 13.8. The molecule has 3 rings (SSSR count). The van der Waals surface area contributed by atoms with Gasteiger partial charge in [0.1, 0.15) is 5.76 Å². The van der Waals surface area contributed by atoms with Gasteiger partial charge < -0.3 is 9.84 Å². The van der Waals surface area contributed by atoms with Gasteiger partial charge in [-0.2, -0.15) is 5.10 Å². The molecule has 3 aromatic heterocycles. The van der Waals surface area contributed by atoms with Crippen LogP contribution in [0.4, 0.5) is 10.6 Å². The van der Waals surface area contributed by atoms with Gasteiger partial charge >= 0.3 is 6.03 Å². The summed E-state index contributed by atoms with van der Waals surface area (Å²) in [7, 11) is 0. The third-order valence-electron chi connectivity index (χ3n) is 3.80. The molecule has 1 atom stereocenters. The maximum atomic E-state index is 12.2. The maximum absolute atomic E-state index is 12.2. The lowest BCUT2D eigenvalue weighted by molar-refractivity contribution is 0.249. The Morgan fingerprint density at radius 3 is 2.84 bits per heavy atom. The van der Waals surface area contributed by atoms with Crippen LogP contribution in [0.25, 0.3) is 0 Å². The predicted octanol–water partition coefficient (Wildman–Crippen LogP) is 2.81. The van der Waals surface area contributed by atoms with Crippen molar-refractivity contribution in [3.05, 3.63) is 59.4 Å². The zero-order valence-electron chi connectivity index (χ0n) is 14.4. The minimum absolute atomic E-state index is 0.221. The molecule has 0 saturated carbocycles. The number of carbonyl (C=O) groups excluding carboxylic acids is 1. The van der Waals surface area contributed by atoms with E-state index in [0.29, 0.717) is 18.1 Å². The first-order valence-corrected chi connectivity index (χ1v) is 7.96. The molecule has 0 aliphatic rings. The van der Waals surface area contributed by atoms with Crippen molar-refractivity contribution in [3.63, 3.8) is 0 Å². The SMILES string of the molecule is Cc1noc(C)c1[C@@H](C)NC(=O)Nc1ccn(Cc2ccccn2)n1. The second-order valence-corrected chi connectivity index (χ2v) is 5.78. The summed E-state index contributed by atoms with van der Waals surface area (Å²) in [5.74, 6) is 1.17. The van der Waals surface area contributed by atoms with Crippen molar-refractivity contribution < 1.29 is 9.32 Å². The first-order valence-electron chi connectivity index (χ1n) is 7.96. The number of anilines is 1. The standard InChI is InChI=1S/C17H20N6O2/c1-11(16-12(2)22-25-13(16)3)19-17(24)20-15-7-9-23(21-15)10-14-6-4-5-8-18-14/h4-9,11H,10H2,1-3H3,(H2,19,20,21,24)/t11-/m1/s1. The highest BCUT2D eigenvalue weighted by molar-refractivity contribution is 5.88. The third-order valence-corrected chi connectivity index (χ3v) is 3.80. The number of amides is 2. The van der Waals surface area contributed by atoms with Crippen LogP contribution in [-0.2, 0) is 6.54 Å². The molecular weight excluding hydrogens is 320 g/mol. The van der Waals surface area contributed by atoms with Crippen molar-refractivity contribution in [3.8, 4) is 0 Å². The smallest absolute Gasteiger partial charge is 0.320 e. The van der Waals surface area contributed by atoms with Crippen LogP contribution in [0.2, 0.25) is 0 Å². The average Bonchev–Trinajstić information content (AvgIpc) is 3.14. The first-order chi connectivity index (χ1) is 12.0. The zero-order chi connectivity index (χ0) is 17.8. The number of nitrogens with zero attached hydrogens (tertiary/aromatic N) is 4. The Balaban J connectivity index is 1.58. The third kappa shape index (κ3) is 4.03. The Kier molecular flexibility index (Phi) is 4.78. The monoisotopic (exact) mass is 340 g/mol. The summed E-state index contributed by atoms with van der Waals surface area (Å²) >= 11 is 0. The molecule has 8 heteroatoms. The van der Waals surface area contributed by atoms with Gasteiger partial charge in [-0.1, -0.05) is 11.2 Å². The minimum Gasteiger partial charge on any atom is -0.361 e. The second-order valence-electron chi connectivity index (χ2n) is 5.78. The molecule has 2 amide bonds. The number of nitrogens with one attached hydrogen (secondary N) is 2. The van der Waals surface area contributed by atoms with Gasteiger partial charge in [0, 0.05) is 24.0 Å². The Morgan fingerprint density at radius 2 is 2.16 bits per heavy atom. The number of aromatic nitrogens is 4. The van der Waals surface area contributed by atoms with Crippen LogP contribution in [0.3, 0.4) is 0 Å². The number of hydrogen-bond acceptors (Lipinski definition) is 5. The Hall–Kier alpha value is -3.16. The fourth-order valence-electron chi connectivity index (χ4n) is 2.70. The van der Waals surface area contributed by atoms with Crippen molar-refractivity contribution in [2.45, 2.75) is 33.4 Å². The van der Waals surface area contributed by atoms with Crippen molar-refractivity contribution >= 4 is 11.8 Å². The number of urea groups is 1. The molecule has 0 aromatic carbocycles. The molecule has 2 N–H and O–H groups in total. The molecule has 0 bridgehead atoms. The molecule has 0 spiro atoms. The van der Waals surface area contributed by atoms with Crippen molar-refractivity contribution in [1.29, 1.82) is 0 Å². The van der Waals surface area contributed by atoms with E-state index in [0.717, 1.165) is 17.0 Å². The normalized spacial score (nSPS) is 12.0. The summed E-state index contributed by atoms with van der Waals surface area (Å²) in [6.45, 7) is 6.09. The fraction of sp³-hybridized carbons (Fsp3) is 0.294. The fourth-order valence-corrected chi connectivity index (χ4v) is 2.70. The lowest BCUT2D eigenvalue weighted by Gasteiger charge is -2.13. The minimum atomic E-state index is -0.337. The van der Waals surface area contributed by atoms with Gasteiger partial charge in [-0.25, -0.2) is 4.79 Å². The molecule has 0 saturated heterocycles. The van der Waals surface area contributed by atoms with E-state index in [-0.39, 0.29) is 12.1 Å². The molecule has 8 nitrogen and oxygen atoms in total. The largest absolute Gasteiger partial charge is 0.361 e. The Bertz CT molecular complexity index is 836. The van der Waals surface area contributed by atoms with Crippen molar-refractivity contribution in [2.24, 2.45) is 0 Å². The van der Waals surface area contributed by atoms with Crippen LogP contribution >= 0.6 is 0 Å². The summed E-state index contributed by atoms with van der Waals surface area (Å²) in [6.07, 6.45) is 3.53. The van der Waals surface area contributed by atoms with Gasteiger partial charge in [-0.15, -0.1) is 0 Å². The molecule has 3 aromatic rings. The average molecular weight is 340 g/mol. The van der Waals surface area contributed by atoms with E-state index in [1.54, 1.807) is 23.1 Å². The molecule has 0 aliphatic carbocycles. The number of pyridine rings is 1. The van der Waals surface area contributed by atoms with E-state index in [4.69, 9.17) is 4.52 Å². The number of aryl methyl sites for hydroxylation is 2. The lowest BCUT2D eigenvalue weighted by Crippen LogP contribution is -2.31. The van der Waals surface area contributed by atoms with Crippen molar-refractivity contribution in [1.82, 2.24) is 25.2 Å². The molecular formula is C17H20N6O2. The highest BCUT2D eigenvalue weighted by Gasteiger charge is 2.18. The number of hydrogen-bond donors (Lipinski definition) is 2. The van der Waals surface area contributed by atoms with Crippen molar-refractivity contribution in [2.75, 3.05) is 5.32 Å². The van der Waals surface area contributed by atoms with Crippen LogP contribution < -0.4 is 10.6 Å². The van der Waals surface area contributed by atoms with Crippen LogP contribution in [0.5, 0.6) is 0 Å². The quantitative estimate of drug-likeness (QED) is 0.744. The summed E-state index contributed by atoms with van der Waals surface area (Å²) in [5.41, 5.74) is 2.55. The van der Waals surface area contributed by atoms with Gasteiger partial charge in [0.2, 0.25) is 0 Å². The van der Waals surface area contributed by atoms with Crippen LogP contribution in [0.15, 0.2) is 41.2 Å². The Morgan fingerprint density at radius 1 is 1.32 bits per heavy atom.